The number of anilines is 2. The number of hydrogen-bond acceptors (Lipinski definition) is 5. The van der Waals surface area contributed by atoms with Gasteiger partial charge in [0, 0.05) is 29.7 Å². The molecule has 0 saturated heterocycles. The van der Waals surface area contributed by atoms with E-state index in [4.69, 9.17) is 16.6 Å². The van der Waals surface area contributed by atoms with Crippen molar-refractivity contribution in [1.29, 1.82) is 0 Å². The molecule has 0 radical (unpaired) electrons. The van der Waals surface area contributed by atoms with E-state index in [0.717, 1.165) is 36.8 Å². The minimum absolute atomic E-state index is 0.181. The highest BCUT2D eigenvalue weighted by atomic mass is 35.5. The van der Waals surface area contributed by atoms with Crippen LogP contribution in [0.5, 0.6) is 0 Å². The summed E-state index contributed by atoms with van der Waals surface area (Å²) in [4.78, 5) is 26.4. The van der Waals surface area contributed by atoms with Gasteiger partial charge in [-0.05, 0) is 61.7 Å². The fourth-order valence-electron chi connectivity index (χ4n) is 4.27. The van der Waals surface area contributed by atoms with E-state index in [9.17, 15) is 18.0 Å². The van der Waals surface area contributed by atoms with Crippen LogP contribution >= 0.6 is 11.6 Å². The van der Waals surface area contributed by atoms with Crippen molar-refractivity contribution in [3.8, 4) is 0 Å². The van der Waals surface area contributed by atoms with Crippen molar-refractivity contribution in [2.75, 3.05) is 11.4 Å². The van der Waals surface area contributed by atoms with E-state index in [2.05, 4.69) is 15.3 Å². The molecule has 0 atom stereocenters. The van der Waals surface area contributed by atoms with Crippen molar-refractivity contribution in [3.63, 3.8) is 0 Å². The number of halogens is 4. The molecule has 1 amide bonds. The zero-order chi connectivity index (χ0) is 23.2. The molecule has 3 heterocycles. The number of fused-ring (bicyclic) bond motifs is 1. The molecule has 1 aromatic carbocycles. The van der Waals surface area contributed by atoms with Crippen molar-refractivity contribution >= 4 is 29.0 Å². The summed E-state index contributed by atoms with van der Waals surface area (Å²) in [5.41, 5.74) is 2.20. The number of pyridine rings is 1. The standard InChI is InChI=1S/C23H19ClF3N5O/c24-15-4-2-14(3-5-15)20(33)31-22(10-1-11-22)18-7-6-17-16(29-18)9-13-32(17)19-8-12-28-21(30-19)23(25,26)27/h2-8,12H,1,9-11,13H2,(H,31,33). The van der Waals surface area contributed by atoms with Gasteiger partial charge in [-0.1, -0.05) is 11.6 Å². The molecule has 5 rings (SSSR count). The van der Waals surface area contributed by atoms with Crippen LogP contribution in [0.25, 0.3) is 0 Å². The number of benzene rings is 1. The van der Waals surface area contributed by atoms with Gasteiger partial charge in [0.25, 0.3) is 5.91 Å². The van der Waals surface area contributed by atoms with E-state index in [1.807, 2.05) is 12.1 Å². The summed E-state index contributed by atoms with van der Waals surface area (Å²) in [6.45, 7) is 0.463. The molecule has 2 aromatic heterocycles. The summed E-state index contributed by atoms with van der Waals surface area (Å²) in [5, 5.41) is 3.69. The summed E-state index contributed by atoms with van der Waals surface area (Å²) in [7, 11) is 0. The fraction of sp³-hybridized carbons (Fsp3) is 0.304. The van der Waals surface area contributed by atoms with Crippen LogP contribution < -0.4 is 10.2 Å². The van der Waals surface area contributed by atoms with Crippen molar-refractivity contribution in [2.24, 2.45) is 0 Å². The molecule has 6 nitrogen and oxygen atoms in total. The van der Waals surface area contributed by atoms with E-state index in [0.29, 0.717) is 29.2 Å². The molecular formula is C23H19ClF3N5O. The van der Waals surface area contributed by atoms with Gasteiger partial charge in [0.2, 0.25) is 5.82 Å². The average molecular weight is 474 g/mol. The summed E-state index contributed by atoms with van der Waals surface area (Å²) < 4.78 is 39.1. The lowest BCUT2D eigenvalue weighted by atomic mass is 9.73. The summed E-state index contributed by atoms with van der Waals surface area (Å²) in [6.07, 6.45) is -0.436. The normalized spacial score (nSPS) is 16.8. The topological polar surface area (TPSA) is 71.0 Å². The molecular weight excluding hydrogens is 455 g/mol. The second kappa shape index (κ2) is 7.98. The van der Waals surface area contributed by atoms with Crippen LogP contribution in [0.2, 0.25) is 5.02 Å². The Bertz CT molecular complexity index is 1210. The smallest absolute Gasteiger partial charge is 0.341 e. The van der Waals surface area contributed by atoms with Gasteiger partial charge in [0.15, 0.2) is 0 Å². The van der Waals surface area contributed by atoms with Gasteiger partial charge in [0.05, 0.1) is 22.6 Å². The van der Waals surface area contributed by atoms with Crippen LogP contribution in [0.3, 0.4) is 0 Å². The monoisotopic (exact) mass is 473 g/mol. The van der Waals surface area contributed by atoms with Gasteiger partial charge >= 0.3 is 6.18 Å². The number of rotatable bonds is 4. The van der Waals surface area contributed by atoms with E-state index < -0.39 is 17.5 Å². The molecule has 1 N–H and O–H groups in total. The first-order chi connectivity index (χ1) is 15.7. The zero-order valence-corrected chi connectivity index (χ0v) is 18.1. The van der Waals surface area contributed by atoms with E-state index in [-0.39, 0.29) is 11.7 Å². The Kier molecular flexibility index (Phi) is 5.23. The summed E-state index contributed by atoms with van der Waals surface area (Å²) in [6, 6.07) is 11.8. The fourth-order valence-corrected chi connectivity index (χ4v) is 4.39. The minimum Gasteiger partial charge on any atom is -0.341 e. The molecule has 0 spiro atoms. The first-order valence-corrected chi connectivity index (χ1v) is 10.9. The molecule has 1 saturated carbocycles. The second-order valence-corrected chi connectivity index (χ2v) is 8.63. The van der Waals surface area contributed by atoms with Gasteiger partial charge < -0.3 is 10.2 Å². The lowest BCUT2D eigenvalue weighted by Gasteiger charge is -2.42. The predicted molar refractivity (Wildman–Crippen MR) is 116 cm³/mol. The first-order valence-electron chi connectivity index (χ1n) is 10.5. The zero-order valence-electron chi connectivity index (χ0n) is 17.4. The Morgan fingerprint density at radius 1 is 1.06 bits per heavy atom. The van der Waals surface area contributed by atoms with Crippen molar-refractivity contribution < 1.29 is 18.0 Å². The number of nitrogens with one attached hydrogen (secondary N) is 1. The Labute approximate surface area is 192 Å². The number of alkyl halides is 3. The molecule has 1 aliphatic heterocycles. The van der Waals surface area contributed by atoms with Crippen LogP contribution in [-0.2, 0) is 18.1 Å². The highest BCUT2D eigenvalue weighted by molar-refractivity contribution is 6.30. The van der Waals surface area contributed by atoms with Crippen LogP contribution in [0.15, 0.2) is 48.7 Å². The highest BCUT2D eigenvalue weighted by Gasteiger charge is 2.42. The van der Waals surface area contributed by atoms with E-state index in [1.165, 1.54) is 6.07 Å². The van der Waals surface area contributed by atoms with E-state index >= 15 is 0 Å². The number of amides is 1. The predicted octanol–water partition coefficient (Wildman–Crippen LogP) is 5.05. The van der Waals surface area contributed by atoms with Gasteiger partial charge in [-0.3, -0.25) is 9.78 Å². The average Bonchev–Trinajstić information content (AvgIpc) is 3.19. The van der Waals surface area contributed by atoms with Crippen molar-refractivity contribution in [2.45, 2.75) is 37.4 Å². The Hall–Kier alpha value is -3.20. The maximum absolute atomic E-state index is 13.0. The van der Waals surface area contributed by atoms with Crippen LogP contribution in [0, 0.1) is 0 Å². The van der Waals surface area contributed by atoms with Gasteiger partial charge in [-0.15, -0.1) is 0 Å². The van der Waals surface area contributed by atoms with Gasteiger partial charge in [0.1, 0.15) is 5.82 Å². The SMILES string of the molecule is O=C(NC1(c2ccc3c(n2)CCN3c2ccnc(C(F)(F)F)n2)CCC1)c1ccc(Cl)cc1. The highest BCUT2D eigenvalue weighted by Crippen LogP contribution is 2.43. The molecule has 0 bridgehead atoms. The molecule has 3 aromatic rings. The van der Waals surface area contributed by atoms with Gasteiger partial charge in [-0.25, -0.2) is 9.97 Å². The molecule has 1 aliphatic carbocycles. The minimum atomic E-state index is -4.61. The molecule has 33 heavy (non-hydrogen) atoms. The van der Waals surface area contributed by atoms with Crippen LogP contribution in [0.4, 0.5) is 24.7 Å². The number of aromatic nitrogens is 3. The van der Waals surface area contributed by atoms with Gasteiger partial charge in [-0.2, -0.15) is 13.2 Å². The first kappa shape index (κ1) is 21.6. The Morgan fingerprint density at radius 2 is 1.82 bits per heavy atom. The summed E-state index contributed by atoms with van der Waals surface area (Å²) in [5.74, 6) is -1.19. The van der Waals surface area contributed by atoms with Crippen molar-refractivity contribution in [3.05, 3.63) is 76.5 Å². The second-order valence-electron chi connectivity index (χ2n) is 8.20. The lowest BCUT2D eigenvalue weighted by molar-refractivity contribution is -0.144. The Morgan fingerprint density at radius 3 is 2.48 bits per heavy atom. The quantitative estimate of drug-likeness (QED) is 0.574. The third-order valence-electron chi connectivity index (χ3n) is 6.14. The van der Waals surface area contributed by atoms with Crippen LogP contribution in [-0.4, -0.2) is 27.4 Å². The van der Waals surface area contributed by atoms with Crippen molar-refractivity contribution in [1.82, 2.24) is 20.3 Å². The Balaban J connectivity index is 1.41. The maximum Gasteiger partial charge on any atom is 0.451 e. The summed E-state index contributed by atoms with van der Waals surface area (Å²) >= 11 is 5.92. The number of carbonyl (C=O) groups excluding carboxylic acids is 1. The molecule has 10 heteroatoms. The largest absolute Gasteiger partial charge is 0.451 e. The third kappa shape index (κ3) is 4.01. The molecule has 170 valence electrons. The molecule has 2 aliphatic rings. The number of nitrogens with zero attached hydrogens (tertiary/aromatic N) is 4. The number of hydrogen-bond donors (Lipinski definition) is 1. The van der Waals surface area contributed by atoms with Crippen LogP contribution in [0.1, 0.15) is 46.8 Å². The third-order valence-corrected chi connectivity index (χ3v) is 6.39. The lowest BCUT2D eigenvalue weighted by Crippen LogP contribution is -2.51. The van der Waals surface area contributed by atoms with E-state index in [1.54, 1.807) is 29.2 Å². The number of carbonyl (C=O) groups is 1. The molecule has 0 unspecified atom stereocenters. The molecule has 1 fully saturated rings. The maximum atomic E-state index is 13.0.